The second-order valence-corrected chi connectivity index (χ2v) is 7.14. The molecule has 27 heavy (non-hydrogen) atoms. The maximum atomic E-state index is 12.4. The number of halogens is 1. The Kier molecular flexibility index (Phi) is 5.17. The van der Waals surface area contributed by atoms with E-state index >= 15 is 0 Å². The zero-order chi connectivity index (χ0) is 19.7. The van der Waals surface area contributed by atoms with Crippen molar-refractivity contribution in [3.05, 3.63) is 49.6 Å². The van der Waals surface area contributed by atoms with Crippen LogP contribution in [-0.4, -0.2) is 31.6 Å². The number of nitrogens with one attached hydrogen (secondary N) is 4. The number of hydrogen-bond donors (Lipinski definition) is 4. The Morgan fingerprint density at radius 3 is 2.70 bits per heavy atom. The van der Waals surface area contributed by atoms with Gasteiger partial charge in [0.05, 0.1) is 5.69 Å². The number of hydrazine groups is 1. The summed E-state index contributed by atoms with van der Waals surface area (Å²) in [4.78, 5) is 41.9. The first-order chi connectivity index (χ1) is 12.8. The summed E-state index contributed by atoms with van der Waals surface area (Å²) in [5.41, 5.74) is 7.58. The molecule has 0 fully saturated rings. The lowest BCUT2D eigenvalue weighted by molar-refractivity contribution is -0.121. The van der Waals surface area contributed by atoms with Crippen molar-refractivity contribution >= 4 is 38.8 Å². The van der Waals surface area contributed by atoms with Crippen LogP contribution >= 0.6 is 15.9 Å². The molecule has 2 amide bonds. The van der Waals surface area contributed by atoms with Crippen molar-refractivity contribution in [2.75, 3.05) is 0 Å². The van der Waals surface area contributed by atoms with Gasteiger partial charge in [0.1, 0.15) is 11.3 Å². The number of pyridine rings is 1. The van der Waals surface area contributed by atoms with E-state index < -0.39 is 11.8 Å². The molecule has 0 saturated carbocycles. The van der Waals surface area contributed by atoms with Gasteiger partial charge in [0.25, 0.3) is 11.5 Å². The van der Waals surface area contributed by atoms with Crippen LogP contribution in [0, 0.1) is 13.8 Å². The lowest BCUT2D eigenvalue weighted by Gasteiger charge is -2.08. The monoisotopic (exact) mass is 434 g/mol. The molecule has 142 valence electrons. The van der Waals surface area contributed by atoms with Gasteiger partial charge in [-0.2, -0.15) is 5.10 Å². The molecule has 0 aromatic carbocycles. The topological polar surface area (TPSA) is 125 Å². The molecule has 4 N–H and O–H groups in total. The third-order valence-electron chi connectivity index (χ3n) is 4.37. The van der Waals surface area contributed by atoms with Gasteiger partial charge >= 0.3 is 0 Å². The molecule has 0 aliphatic carbocycles. The van der Waals surface area contributed by atoms with Crippen LogP contribution < -0.4 is 16.4 Å². The highest BCUT2D eigenvalue weighted by molar-refractivity contribution is 9.10. The molecule has 10 heteroatoms. The molecule has 3 heterocycles. The Morgan fingerprint density at radius 1 is 1.30 bits per heavy atom. The standard InChI is InChI=1S/C17H19BrN6O3/c1-8-11(16(26)20-15-14(8)9(2)23-24(15)3)4-5-13(25)21-22-17(27)12-6-10(18)7-19-12/h6-7,19H,4-5H2,1-3H3,(H,20,26)(H,21,25)(H,22,27). The van der Waals surface area contributed by atoms with Crippen molar-refractivity contribution in [2.45, 2.75) is 26.7 Å². The van der Waals surface area contributed by atoms with Crippen LogP contribution in [0.4, 0.5) is 0 Å². The molecule has 3 aromatic heterocycles. The average molecular weight is 435 g/mol. The summed E-state index contributed by atoms with van der Waals surface area (Å²) < 4.78 is 2.36. The molecule has 0 radical (unpaired) electrons. The third-order valence-corrected chi connectivity index (χ3v) is 4.82. The molecular weight excluding hydrogens is 416 g/mol. The maximum absolute atomic E-state index is 12.4. The number of carbonyl (C=O) groups is 2. The summed E-state index contributed by atoms with van der Waals surface area (Å²) in [7, 11) is 1.77. The number of H-pyrrole nitrogens is 2. The van der Waals surface area contributed by atoms with E-state index in [0.29, 0.717) is 16.9 Å². The molecule has 0 bridgehead atoms. The average Bonchev–Trinajstić information content (AvgIpc) is 3.16. The minimum atomic E-state index is -0.463. The van der Waals surface area contributed by atoms with Gasteiger partial charge in [0.15, 0.2) is 0 Å². The first-order valence-electron chi connectivity index (χ1n) is 8.26. The molecule has 0 atom stereocenters. The first-order valence-corrected chi connectivity index (χ1v) is 9.05. The minimum absolute atomic E-state index is 0.0590. The van der Waals surface area contributed by atoms with Crippen molar-refractivity contribution in [1.82, 2.24) is 30.6 Å². The van der Waals surface area contributed by atoms with E-state index in [-0.39, 0.29) is 18.4 Å². The molecule has 0 saturated heterocycles. The lowest BCUT2D eigenvalue weighted by atomic mass is 10.0. The number of aromatic nitrogens is 4. The van der Waals surface area contributed by atoms with Crippen molar-refractivity contribution in [2.24, 2.45) is 7.05 Å². The van der Waals surface area contributed by atoms with Crippen molar-refractivity contribution in [3.63, 3.8) is 0 Å². The summed E-state index contributed by atoms with van der Waals surface area (Å²) in [6, 6.07) is 1.59. The Hall–Kier alpha value is -2.88. The van der Waals surface area contributed by atoms with E-state index in [2.05, 4.69) is 41.8 Å². The van der Waals surface area contributed by atoms with Gasteiger partial charge in [0, 0.05) is 35.1 Å². The Balaban J connectivity index is 1.66. The predicted octanol–water partition coefficient (Wildman–Crippen LogP) is 1.36. The van der Waals surface area contributed by atoms with E-state index in [0.717, 1.165) is 21.1 Å². The van der Waals surface area contributed by atoms with Crippen LogP contribution in [0.5, 0.6) is 0 Å². The first kappa shape index (κ1) is 18.9. The number of aromatic amines is 2. The summed E-state index contributed by atoms with van der Waals surface area (Å²) in [6.07, 6.45) is 1.92. The van der Waals surface area contributed by atoms with Gasteiger partial charge in [-0.25, -0.2) is 0 Å². The lowest BCUT2D eigenvalue weighted by Crippen LogP contribution is -2.42. The van der Waals surface area contributed by atoms with Crippen LogP contribution in [0.25, 0.3) is 11.0 Å². The zero-order valence-electron chi connectivity index (χ0n) is 15.1. The summed E-state index contributed by atoms with van der Waals surface area (Å²) in [6.45, 7) is 3.73. The molecule has 3 rings (SSSR count). The molecule has 0 unspecified atom stereocenters. The summed E-state index contributed by atoms with van der Waals surface area (Å²) in [5.74, 6) is -0.855. The molecule has 0 spiro atoms. The number of amides is 2. The minimum Gasteiger partial charge on any atom is -0.356 e. The van der Waals surface area contributed by atoms with E-state index in [1.165, 1.54) is 0 Å². The molecule has 9 nitrogen and oxygen atoms in total. The number of nitrogens with zero attached hydrogens (tertiary/aromatic N) is 2. The van der Waals surface area contributed by atoms with Gasteiger partial charge in [-0.3, -0.25) is 29.9 Å². The van der Waals surface area contributed by atoms with Gasteiger partial charge < -0.3 is 9.97 Å². The third kappa shape index (κ3) is 3.80. The van der Waals surface area contributed by atoms with Crippen LogP contribution in [0.2, 0.25) is 0 Å². The predicted molar refractivity (Wildman–Crippen MR) is 103 cm³/mol. The largest absolute Gasteiger partial charge is 0.356 e. The highest BCUT2D eigenvalue weighted by Gasteiger charge is 2.16. The number of carbonyl (C=O) groups excluding carboxylic acids is 2. The molecular formula is C17H19BrN6O3. The van der Waals surface area contributed by atoms with Crippen LogP contribution in [0.3, 0.4) is 0 Å². The highest BCUT2D eigenvalue weighted by Crippen LogP contribution is 2.21. The second kappa shape index (κ2) is 7.39. The fourth-order valence-electron chi connectivity index (χ4n) is 3.05. The molecule has 0 aliphatic rings. The second-order valence-electron chi connectivity index (χ2n) is 6.22. The number of hydrogen-bond acceptors (Lipinski definition) is 4. The number of fused-ring (bicyclic) bond motifs is 1. The van der Waals surface area contributed by atoms with E-state index in [9.17, 15) is 14.4 Å². The van der Waals surface area contributed by atoms with Crippen LogP contribution in [-0.2, 0) is 18.3 Å². The maximum Gasteiger partial charge on any atom is 0.286 e. The van der Waals surface area contributed by atoms with Crippen molar-refractivity contribution < 1.29 is 9.59 Å². The summed E-state index contributed by atoms with van der Waals surface area (Å²) in [5, 5.41) is 5.21. The molecule has 0 aliphatic heterocycles. The number of aryl methyl sites for hydroxylation is 3. The Bertz CT molecular complexity index is 1090. The zero-order valence-corrected chi connectivity index (χ0v) is 16.7. The number of rotatable bonds is 4. The smallest absolute Gasteiger partial charge is 0.286 e. The van der Waals surface area contributed by atoms with Crippen molar-refractivity contribution in [1.29, 1.82) is 0 Å². The fourth-order valence-corrected chi connectivity index (χ4v) is 3.39. The SMILES string of the molecule is Cc1nn(C)c2[nH]c(=O)c(CCC(=O)NNC(=O)c3cc(Br)c[nH]3)c(C)c12. The van der Waals surface area contributed by atoms with Crippen molar-refractivity contribution in [3.8, 4) is 0 Å². The highest BCUT2D eigenvalue weighted by atomic mass is 79.9. The molecule has 3 aromatic rings. The van der Waals surface area contributed by atoms with Gasteiger partial charge in [-0.15, -0.1) is 0 Å². The van der Waals surface area contributed by atoms with E-state index in [1.54, 1.807) is 24.0 Å². The van der Waals surface area contributed by atoms with Gasteiger partial charge in [-0.05, 0) is 47.8 Å². The van der Waals surface area contributed by atoms with E-state index in [1.807, 2.05) is 13.8 Å². The normalized spacial score (nSPS) is 11.0. The Labute approximate surface area is 162 Å². The summed E-state index contributed by atoms with van der Waals surface area (Å²) >= 11 is 3.23. The van der Waals surface area contributed by atoms with E-state index in [4.69, 9.17) is 0 Å². The quantitative estimate of drug-likeness (QED) is 0.462. The van der Waals surface area contributed by atoms with Gasteiger partial charge in [0.2, 0.25) is 5.91 Å². The Morgan fingerprint density at radius 2 is 2.04 bits per heavy atom. The fraction of sp³-hybridized carbons (Fsp3) is 0.294. The van der Waals surface area contributed by atoms with Crippen LogP contribution in [0.1, 0.15) is 33.7 Å². The van der Waals surface area contributed by atoms with Gasteiger partial charge in [-0.1, -0.05) is 0 Å². The van der Waals surface area contributed by atoms with Crippen LogP contribution in [0.15, 0.2) is 21.5 Å².